The van der Waals surface area contributed by atoms with E-state index in [1.54, 1.807) is 0 Å². The molecular weight excluding hydrogens is 212 g/mol. The van der Waals surface area contributed by atoms with Gasteiger partial charge in [-0.15, -0.1) is 0 Å². The predicted octanol–water partition coefficient (Wildman–Crippen LogP) is 2.88. The van der Waals surface area contributed by atoms with Crippen LogP contribution in [-0.4, -0.2) is 5.71 Å². The zero-order chi connectivity index (χ0) is 11.7. The molecule has 3 heteroatoms. The standard InChI is InChI=1S/C14H14N2O/c15-9-13(14-6-12(7-14)8-14)16-17-10-11-4-2-1-3-5-11/h1-5,12H,6-8,10H2/b16-13-. The van der Waals surface area contributed by atoms with Crippen molar-refractivity contribution in [2.45, 2.75) is 25.9 Å². The minimum atomic E-state index is 0.0934. The van der Waals surface area contributed by atoms with Crippen molar-refractivity contribution in [2.24, 2.45) is 16.5 Å². The van der Waals surface area contributed by atoms with Crippen molar-refractivity contribution in [1.29, 1.82) is 5.26 Å². The Morgan fingerprint density at radius 3 is 2.59 bits per heavy atom. The summed E-state index contributed by atoms with van der Waals surface area (Å²) in [5, 5.41) is 13.1. The van der Waals surface area contributed by atoms with E-state index in [1.165, 1.54) is 0 Å². The Balaban J connectivity index is 1.60. The van der Waals surface area contributed by atoms with Crippen LogP contribution in [-0.2, 0) is 11.4 Å². The number of rotatable bonds is 4. The Bertz CT molecular complexity index is 470. The average molecular weight is 226 g/mol. The normalized spacial score (nSPS) is 29.8. The van der Waals surface area contributed by atoms with Gasteiger partial charge in [-0.25, -0.2) is 0 Å². The minimum absolute atomic E-state index is 0.0934. The summed E-state index contributed by atoms with van der Waals surface area (Å²) in [4.78, 5) is 5.28. The molecule has 1 aromatic rings. The van der Waals surface area contributed by atoms with Gasteiger partial charge in [-0.1, -0.05) is 35.5 Å². The largest absolute Gasteiger partial charge is 0.390 e. The third-order valence-corrected chi connectivity index (χ3v) is 3.88. The molecule has 0 heterocycles. The molecule has 4 rings (SSSR count). The van der Waals surface area contributed by atoms with E-state index in [-0.39, 0.29) is 5.41 Å². The molecule has 3 saturated carbocycles. The number of hydrogen-bond donors (Lipinski definition) is 0. The van der Waals surface area contributed by atoms with E-state index in [0.717, 1.165) is 30.7 Å². The molecule has 17 heavy (non-hydrogen) atoms. The van der Waals surface area contributed by atoms with Gasteiger partial charge in [0.05, 0.1) is 0 Å². The van der Waals surface area contributed by atoms with Crippen molar-refractivity contribution in [2.75, 3.05) is 0 Å². The van der Waals surface area contributed by atoms with Crippen LogP contribution in [0.5, 0.6) is 0 Å². The van der Waals surface area contributed by atoms with Gasteiger partial charge in [-0.3, -0.25) is 0 Å². The molecular formula is C14H14N2O. The van der Waals surface area contributed by atoms with Crippen molar-refractivity contribution in [3.05, 3.63) is 35.9 Å². The molecule has 0 amide bonds. The SMILES string of the molecule is N#C/C(=N/OCc1ccccc1)C12CC(C1)C2. The van der Waals surface area contributed by atoms with Crippen LogP contribution in [0.4, 0.5) is 0 Å². The summed E-state index contributed by atoms with van der Waals surface area (Å²) in [6.45, 7) is 0.436. The van der Waals surface area contributed by atoms with E-state index in [2.05, 4.69) is 11.2 Å². The summed E-state index contributed by atoms with van der Waals surface area (Å²) in [6, 6.07) is 12.1. The first-order valence-corrected chi connectivity index (χ1v) is 5.97. The molecule has 0 aliphatic heterocycles. The summed E-state index contributed by atoms with van der Waals surface area (Å²) in [5.74, 6) is 0.850. The smallest absolute Gasteiger partial charge is 0.163 e. The highest BCUT2D eigenvalue weighted by Gasteiger charge is 2.60. The first-order valence-electron chi connectivity index (χ1n) is 5.97. The van der Waals surface area contributed by atoms with Crippen molar-refractivity contribution >= 4 is 5.71 Å². The van der Waals surface area contributed by atoms with Crippen LogP contribution in [0.2, 0.25) is 0 Å². The molecule has 0 N–H and O–H groups in total. The molecule has 0 spiro atoms. The zero-order valence-electron chi connectivity index (χ0n) is 9.60. The molecule has 0 saturated heterocycles. The molecule has 0 radical (unpaired) electrons. The Hall–Kier alpha value is -1.82. The van der Waals surface area contributed by atoms with Gasteiger partial charge in [-0.2, -0.15) is 5.26 Å². The van der Waals surface area contributed by atoms with Crippen molar-refractivity contribution in [3.63, 3.8) is 0 Å². The van der Waals surface area contributed by atoms with Crippen LogP contribution in [0.1, 0.15) is 24.8 Å². The maximum atomic E-state index is 9.09. The fourth-order valence-electron chi connectivity index (χ4n) is 2.75. The molecule has 0 aromatic heterocycles. The maximum Gasteiger partial charge on any atom is 0.163 e. The first kappa shape index (κ1) is 10.3. The lowest BCUT2D eigenvalue weighted by atomic mass is 9.43. The molecule has 2 bridgehead atoms. The van der Waals surface area contributed by atoms with Gasteiger partial charge in [-0.05, 0) is 30.7 Å². The zero-order valence-corrected chi connectivity index (χ0v) is 9.60. The van der Waals surface area contributed by atoms with Crippen molar-refractivity contribution in [1.82, 2.24) is 0 Å². The molecule has 0 unspecified atom stereocenters. The second-order valence-electron chi connectivity index (χ2n) is 5.07. The van der Waals surface area contributed by atoms with Crippen LogP contribution in [0.15, 0.2) is 35.5 Å². The lowest BCUT2D eigenvalue weighted by molar-refractivity contribution is -0.0430. The Morgan fingerprint density at radius 1 is 1.35 bits per heavy atom. The fraction of sp³-hybridized carbons (Fsp3) is 0.429. The van der Waals surface area contributed by atoms with E-state index >= 15 is 0 Å². The summed E-state index contributed by atoms with van der Waals surface area (Å²) in [5.41, 5.74) is 1.76. The van der Waals surface area contributed by atoms with Crippen LogP contribution in [0, 0.1) is 22.7 Å². The van der Waals surface area contributed by atoms with Gasteiger partial charge in [0.1, 0.15) is 12.7 Å². The second kappa shape index (κ2) is 3.89. The lowest BCUT2D eigenvalue weighted by Gasteiger charge is -2.60. The molecule has 0 atom stereocenters. The summed E-state index contributed by atoms with van der Waals surface area (Å²) in [7, 11) is 0. The van der Waals surface area contributed by atoms with Gasteiger partial charge in [0.15, 0.2) is 5.71 Å². The maximum absolute atomic E-state index is 9.09. The predicted molar refractivity (Wildman–Crippen MR) is 64.1 cm³/mol. The van der Waals surface area contributed by atoms with E-state index < -0.39 is 0 Å². The quantitative estimate of drug-likeness (QED) is 0.585. The van der Waals surface area contributed by atoms with Crippen LogP contribution in [0.3, 0.4) is 0 Å². The van der Waals surface area contributed by atoms with E-state index in [0.29, 0.717) is 12.3 Å². The lowest BCUT2D eigenvalue weighted by Crippen LogP contribution is -2.56. The number of oxime groups is 1. The highest BCUT2D eigenvalue weighted by molar-refractivity contribution is 6.04. The molecule has 3 nitrogen and oxygen atoms in total. The third kappa shape index (κ3) is 1.70. The third-order valence-electron chi connectivity index (χ3n) is 3.88. The fourth-order valence-corrected chi connectivity index (χ4v) is 2.75. The minimum Gasteiger partial charge on any atom is -0.390 e. The monoisotopic (exact) mass is 226 g/mol. The van der Waals surface area contributed by atoms with Crippen LogP contribution >= 0.6 is 0 Å². The molecule has 86 valence electrons. The van der Waals surface area contributed by atoms with E-state index in [9.17, 15) is 0 Å². The second-order valence-corrected chi connectivity index (χ2v) is 5.07. The Labute approximate surface area is 101 Å². The van der Waals surface area contributed by atoms with Crippen LogP contribution in [0.25, 0.3) is 0 Å². The molecule has 3 aliphatic rings. The van der Waals surface area contributed by atoms with Crippen molar-refractivity contribution < 1.29 is 4.84 Å². The summed E-state index contributed by atoms with van der Waals surface area (Å²) in [6.07, 6.45) is 3.40. The van der Waals surface area contributed by atoms with Gasteiger partial charge < -0.3 is 4.84 Å². The van der Waals surface area contributed by atoms with Crippen LogP contribution < -0.4 is 0 Å². The van der Waals surface area contributed by atoms with Gasteiger partial charge in [0, 0.05) is 5.41 Å². The van der Waals surface area contributed by atoms with E-state index in [4.69, 9.17) is 10.1 Å². The van der Waals surface area contributed by atoms with Gasteiger partial charge in [0.25, 0.3) is 0 Å². The first-order chi connectivity index (χ1) is 8.32. The molecule has 3 fully saturated rings. The molecule has 1 aromatic carbocycles. The molecule has 3 aliphatic carbocycles. The van der Waals surface area contributed by atoms with Crippen molar-refractivity contribution in [3.8, 4) is 6.07 Å². The van der Waals surface area contributed by atoms with Gasteiger partial charge in [0.2, 0.25) is 0 Å². The Morgan fingerprint density at radius 2 is 2.06 bits per heavy atom. The highest BCUT2D eigenvalue weighted by Crippen LogP contribution is 2.65. The number of hydrogen-bond acceptors (Lipinski definition) is 3. The Kier molecular flexibility index (Phi) is 2.36. The average Bonchev–Trinajstić information content (AvgIpc) is 2.25. The number of nitriles is 1. The number of benzene rings is 1. The topological polar surface area (TPSA) is 45.4 Å². The summed E-state index contributed by atoms with van der Waals surface area (Å²) >= 11 is 0. The summed E-state index contributed by atoms with van der Waals surface area (Å²) < 4.78 is 0. The highest BCUT2D eigenvalue weighted by atomic mass is 16.6. The van der Waals surface area contributed by atoms with E-state index in [1.807, 2.05) is 30.3 Å². The van der Waals surface area contributed by atoms with Gasteiger partial charge >= 0.3 is 0 Å². The number of nitrogens with zero attached hydrogens (tertiary/aromatic N) is 2.